The van der Waals surface area contributed by atoms with Gasteiger partial charge in [-0.25, -0.2) is 4.98 Å². The van der Waals surface area contributed by atoms with Crippen molar-refractivity contribution in [3.05, 3.63) is 29.0 Å². The van der Waals surface area contributed by atoms with Crippen molar-refractivity contribution in [3.63, 3.8) is 0 Å². The second-order valence-corrected chi connectivity index (χ2v) is 5.92. The van der Waals surface area contributed by atoms with Crippen LogP contribution in [0.5, 0.6) is 0 Å². The molecule has 1 heterocycles. The van der Waals surface area contributed by atoms with E-state index >= 15 is 0 Å². The Balaban J connectivity index is 1.56. The van der Waals surface area contributed by atoms with Crippen LogP contribution in [0.1, 0.15) is 37.9 Å². The summed E-state index contributed by atoms with van der Waals surface area (Å²) in [5.41, 5.74) is 2.00. The molecule has 1 aliphatic carbocycles. The Labute approximate surface area is 118 Å². The van der Waals surface area contributed by atoms with Crippen LogP contribution in [0, 0.1) is 5.92 Å². The fraction of sp³-hybridized carbons (Fsp3) is 0.533. The van der Waals surface area contributed by atoms with Crippen LogP contribution in [0.2, 0.25) is 5.02 Å². The third kappa shape index (κ3) is 3.28. The average molecular weight is 278 g/mol. The maximum absolute atomic E-state index is 5.97. The van der Waals surface area contributed by atoms with Crippen molar-refractivity contribution in [2.45, 2.75) is 38.6 Å². The van der Waals surface area contributed by atoms with Crippen molar-refractivity contribution < 1.29 is 0 Å². The van der Waals surface area contributed by atoms with E-state index in [0.717, 1.165) is 40.9 Å². The molecular formula is C15H20ClN3. The van der Waals surface area contributed by atoms with Gasteiger partial charge in [0.25, 0.3) is 0 Å². The Kier molecular flexibility index (Phi) is 4.04. The van der Waals surface area contributed by atoms with E-state index in [2.05, 4.69) is 15.3 Å². The van der Waals surface area contributed by atoms with E-state index in [1.807, 2.05) is 18.2 Å². The summed E-state index contributed by atoms with van der Waals surface area (Å²) in [6, 6.07) is 5.76. The topological polar surface area (TPSA) is 40.7 Å². The molecule has 1 saturated carbocycles. The van der Waals surface area contributed by atoms with Gasteiger partial charge >= 0.3 is 0 Å². The van der Waals surface area contributed by atoms with Crippen LogP contribution in [-0.2, 0) is 6.54 Å². The summed E-state index contributed by atoms with van der Waals surface area (Å²) < 4.78 is 0. The number of rotatable bonds is 4. The number of nitrogens with one attached hydrogen (secondary N) is 2. The molecule has 2 aromatic rings. The van der Waals surface area contributed by atoms with Crippen LogP contribution in [0.4, 0.5) is 0 Å². The minimum atomic E-state index is 0.748. The van der Waals surface area contributed by atoms with E-state index in [0.29, 0.717) is 0 Å². The van der Waals surface area contributed by atoms with Gasteiger partial charge < -0.3 is 10.3 Å². The van der Waals surface area contributed by atoms with E-state index in [4.69, 9.17) is 11.6 Å². The van der Waals surface area contributed by atoms with Crippen LogP contribution < -0.4 is 5.32 Å². The van der Waals surface area contributed by atoms with Crippen molar-refractivity contribution in [1.29, 1.82) is 0 Å². The molecule has 0 saturated heterocycles. The van der Waals surface area contributed by atoms with Gasteiger partial charge in [0, 0.05) is 5.02 Å². The predicted octanol–water partition coefficient (Wildman–Crippen LogP) is 3.89. The van der Waals surface area contributed by atoms with E-state index < -0.39 is 0 Å². The summed E-state index contributed by atoms with van der Waals surface area (Å²) in [6.07, 6.45) is 6.97. The number of benzene rings is 1. The first-order chi connectivity index (χ1) is 9.31. The molecule has 0 aliphatic heterocycles. The number of aromatic amines is 1. The Morgan fingerprint density at radius 2 is 2.11 bits per heavy atom. The molecule has 0 radical (unpaired) electrons. The molecule has 0 atom stereocenters. The monoisotopic (exact) mass is 277 g/mol. The fourth-order valence-electron chi connectivity index (χ4n) is 2.90. The van der Waals surface area contributed by atoms with Gasteiger partial charge in [0.1, 0.15) is 5.82 Å². The van der Waals surface area contributed by atoms with Gasteiger partial charge in [-0.05, 0) is 43.5 Å². The molecule has 3 nitrogen and oxygen atoms in total. The quantitative estimate of drug-likeness (QED) is 0.890. The zero-order valence-electron chi connectivity index (χ0n) is 11.1. The first-order valence-corrected chi connectivity index (χ1v) is 7.54. The van der Waals surface area contributed by atoms with Crippen molar-refractivity contribution >= 4 is 22.6 Å². The summed E-state index contributed by atoms with van der Waals surface area (Å²) in [4.78, 5) is 7.88. The first kappa shape index (κ1) is 12.9. The zero-order valence-corrected chi connectivity index (χ0v) is 11.8. The van der Waals surface area contributed by atoms with E-state index in [1.165, 1.54) is 32.1 Å². The van der Waals surface area contributed by atoms with Crippen molar-refractivity contribution in [2.24, 2.45) is 5.92 Å². The molecule has 1 aromatic carbocycles. The van der Waals surface area contributed by atoms with Crippen LogP contribution in [-0.4, -0.2) is 16.5 Å². The SMILES string of the molecule is Clc1ccc2nc(CNCC3CCCCC3)[nH]c2c1. The van der Waals surface area contributed by atoms with Crippen molar-refractivity contribution in [1.82, 2.24) is 15.3 Å². The van der Waals surface area contributed by atoms with Gasteiger partial charge in [0.05, 0.1) is 17.6 Å². The lowest BCUT2D eigenvalue weighted by atomic mass is 9.89. The molecule has 3 rings (SSSR count). The summed E-state index contributed by atoms with van der Waals surface area (Å²) in [5.74, 6) is 1.85. The second kappa shape index (κ2) is 5.93. The molecule has 4 heteroatoms. The highest BCUT2D eigenvalue weighted by molar-refractivity contribution is 6.31. The second-order valence-electron chi connectivity index (χ2n) is 5.48. The molecule has 102 valence electrons. The highest BCUT2D eigenvalue weighted by Gasteiger charge is 2.12. The molecule has 0 bridgehead atoms. The Morgan fingerprint density at radius 1 is 1.26 bits per heavy atom. The summed E-state index contributed by atoms with van der Waals surface area (Å²) in [5, 5.41) is 4.27. The van der Waals surface area contributed by atoms with Gasteiger partial charge in [0.2, 0.25) is 0 Å². The fourth-order valence-corrected chi connectivity index (χ4v) is 3.08. The number of hydrogen-bond donors (Lipinski definition) is 2. The number of nitrogens with zero attached hydrogens (tertiary/aromatic N) is 1. The molecule has 2 N–H and O–H groups in total. The van der Waals surface area contributed by atoms with Gasteiger partial charge in [-0.1, -0.05) is 30.9 Å². The minimum Gasteiger partial charge on any atom is -0.341 e. The van der Waals surface area contributed by atoms with Crippen LogP contribution >= 0.6 is 11.6 Å². The van der Waals surface area contributed by atoms with Crippen LogP contribution in [0.3, 0.4) is 0 Å². The number of H-pyrrole nitrogens is 1. The smallest absolute Gasteiger partial charge is 0.121 e. The highest BCUT2D eigenvalue weighted by Crippen LogP contribution is 2.23. The third-order valence-electron chi connectivity index (χ3n) is 3.94. The molecular weight excluding hydrogens is 258 g/mol. The number of halogens is 1. The largest absolute Gasteiger partial charge is 0.341 e. The molecule has 1 aromatic heterocycles. The van der Waals surface area contributed by atoms with E-state index in [1.54, 1.807) is 0 Å². The lowest BCUT2D eigenvalue weighted by Gasteiger charge is -2.21. The summed E-state index contributed by atoms with van der Waals surface area (Å²) in [6.45, 7) is 1.92. The van der Waals surface area contributed by atoms with Gasteiger partial charge in [-0.15, -0.1) is 0 Å². The predicted molar refractivity (Wildman–Crippen MR) is 79.4 cm³/mol. The third-order valence-corrected chi connectivity index (χ3v) is 4.18. The van der Waals surface area contributed by atoms with Gasteiger partial charge in [-0.2, -0.15) is 0 Å². The number of hydrogen-bond acceptors (Lipinski definition) is 2. The minimum absolute atomic E-state index is 0.748. The Bertz CT molecular complexity index is 543. The Morgan fingerprint density at radius 3 is 2.95 bits per heavy atom. The molecule has 0 spiro atoms. The number of fused-ring (bicyclic) bond motifs is 1. The number of aromatic nitrogens is 2. The maximum Gasteiger partial charge on any atom is 0.121 e. The molecule has 0 amide bonds. The lowest BCUT2D eigenvalue weighted by Crippen LogP contribution is -2.24. The molecule has 1 aliphatic rings. The average Bonchev–Trinajstić information content (AvgIpc) is 2.82. The molecule has 19 heavy (non-hydrogen) atoms. The van der Waals surface area contributed by atoms with Crippen LogP contribution in [0.25, 0.3) is 11.0 Å². The lowest BCUT2D eigenvalue weighted by molar-refractivity contribution is 0.341. The zero-order chi connectivity index (χ0) is 13.1. The van der Waals surface area contributed by atoms with Crippen LogP contribution in [0.15, 0.2) is 18.2 Å². The first-order valence-electron chi connectivity index (χ1n) is 7.16. The van der Waals surface area contributed by atoms with E-state index in [9.17, 15) is 0 Å². The normalized spacial score (nSPS) is 17.1. The molecule has 1 fully saturated rings. The highest BCUT2D eigenvalue weighted by atomic mass is 35.5. The van der Waals surface area contributed by atoms with E-state index in [-0.39, 0.29) is 0 Å². The summed E-state index contributed by atoms with van der Waals surface area (Å²) >= 11 is 5.97. The van der Waals surface area contributed by atoms with Crippen molar-refractivity contribution in [2.75, 3.05) is 6.54 Å². The Hall–Kier alpha value is -1.06. The van der Waals surface area contributed by atoms with Gasteiger partial charge in [0.15, 0.2) is 0 Å². The molecule has 0 unspecified atom stereocenters. The maximum atomic E-state index is 5.97. The number of imidazole rings is 1. The van der Waals surface area contributed by atoms with Gasteiger partial charge in [-0.3, -0.25) is 0 Å². The van der Waals surface area contributed by atoms with Crippen molar-refractivity contribution in [3.8, 4) is 0 Å². The standard InChI is InChI=1S/C15H20ClN3/c16-12-6-7-13-14(8-12)19-15(18-13)10-17-9-11-4-2-1-3-5-11/h6-8,11,17H,1-5,9-10H2,(H,18,19). The summed E-state index contributed by atoms with van der Waals surface area (Å²) in [7, 11) is 0.